The highest BCUT2D eigenvalue weighted by Crippen LogP contribution is 2.30. The molecular formula is C28H31N3O4S. The van der Waals surface area contributed by atoms with E-state index in [9.17, 15) is 19.2 Å². The van der Waals surface area contributed by atoms with Crippen LogP contribution in [0.4, 0.5) is 0 Å². The smallest absolute Gasteiger partial charge is 0.261 e. The number of rotatable bonds is 10. The summed E-state index contributed by atoms with van der Waals surface area (Å²) in [6, 6.07) is 8.60. The van der Waals surface area contributed by atoms with E-state index in [2.05, 4.69) is 16.0 Å². The van der Waals surface area contributed by atoms with Crippen LogP contribution in [0.3, 0.4) is 0 Å². The summed E-state index contributed by atoms with van der Waals surface area (Å²) in [6.07, 6.45) is 8.71. The third-order valence-corrected chi connectivity index (χ3v) is 8.30. The Morgan fingerprint density at radius 3 is 2.61 bits per heavy atom. The molecule has 36 heavy (non-hydrogen) atoms. The van der Waals surface area contributed by atoms with E-state index in [1.54, 1.807) is 0 Å². The van der Waals surface area contributed by atoms with Gasteiger partial charge in [-0.05, 0) is 42.7 Å². The Kier molecular flexibility index (Phi) is 8.94. The molecule has 0 bridgehead atoms. The van der Waals surface area contributed by atoms with Gasteiger partial charge in [-0.1, -0.05) is 50.3 Å². The zero-order valence-electron chi connectivity index (χ0n) is 20.2. The third-order valence-electron chi connectivity index (χ3n) is 7.18. The fourth-order valence-electron chi connectivity index (χ4n) is 5.31. The molecule has 0 unspecified atom stereocenters. The predicted octanol–water partition coefficient (Wildman–Crippen LogP) is 3.75. The summed E-state index contributed by atoms with van der Waals surface area (Å²) in [5, 5.41) is 10.2. The van der Waals surface area contributed by atoms with Crippen LogP contribution in [0.5, 0.6) is 0 Å². The molecule has 4 rings (SSSR count). The van der Waals surface area contributed by atoms with Crippen molar-refractivity contribution >= 4 is 45.2 Å². The van der Waals surface area contributed by atoms with E-state index in [-0.39, 0.29) is 17.5 Å². The topological polar surface area (TPSA) is 104 Å². The minimum absolute atomic E-state index is 0.0950. The van der Waals surface area contributed by atoms with Crippen LogP contribution in [-0.2, 0) is 14.4 Å². The van der Waals surface area contributed by atoms with Gasteiger partial charge in [0, 0.05) is 23.2 Å². The molecule has 2 aliphatic rings. The number of hydrogen-bond acceptors (Lipinski definition) is 7. The van der Waals surface area contributed by atoms with E-state index in [0.717, 1.165) is 42.2 Å². The minimum atomic E-state index is -0.561. The van der Waals surface area contributed by atoms with E-state index in [0.29, 0.717) is 35.9 Å². The third kappa shape index (κ3) is 6.42. The summed E-state index contributed by atoms with van der Waals surface area (Å²) < 4.78 is 1.02. The van der Waals surface area contributed by atoms with Crippen LogP contribution in [-0.4, -0.2) is 42.4 Å². The maximum atomic E-state index is 13.3. The monoisotopic (exact) mass is 505 g/mol. The second kappa shape index (κ2) is 12.5. The van der Waals surface area contributed by atoms with E-state index < -0.39 is 12.1 Å². The van der Waals surface area contributed by atoms with Gasteiger partial charge in [0.15, 0.2) is 0 Å². The Hall–Kier alpha value is -3.40. The molecule has 1 saturated carbocycles. The average molecular weight is 506 g/mol. The molecule has 1 aliphatic heterocycles. The summed E-state index contributed by atoms with van der Waals surface area (Å²) in [7, 11) is 0. The lowest BCUT2D eigenvalue weighted by molar-refractivity contribution is 0.0938. The second-order valence-corrected chi connectivity index (χ2v) is 10.7. The zero-order valence-corrected chi connectivity index (χ0v) is 21.0. The van der Waals surface area contributed by atoms with Crippen molar-refractivity contribution in [3.05, 3.63) is 52.7 Å². The molecule has 7 nitrogen and oxygen atoms in total. The summed E-state index contributed by atoms with van der Waals surface area (Å²) in [5.41, 5.74) is 0.698. The number of fused-ring (bicyclic) bond motifs is 1. The molecule has 2 aromatic rings. The van der Waals surface area contributed by atoms with Gasteiger partial charge in [0.2, 0.25) is 0 Å². The highest BCUT2D eigenvalue weighted by molar-refractivity contribution is 7.20. The number of benzene rings is 1. The molecule has 1 aliphatic carbocycles. The minimum Gasteiger partial charge on any atom is -0.379 e. The molecule has 1 amide bonds. The van der Waals surface area contributed by atoms with Gasteiger partial charge in [0.1, 0.15) is 23.5 Å². The number of allylic oxidation sites excluding steroid dienone is 1. The first-order valence-corrected chi connectivity index (χ1v) is 13.4. The molecule has 0 radical (unpaired) electrons. The van der Waals surface area contributed by atoms with Crippen LogP contribution in [0.1, 0.15) is 61.0 Å². The Labute approximate surface area is 214 Å². The van der Waals surface area contributed by atoms with Crippen molar-refractivity contribution in [2.75, 3.05) is 6.54 Å². The van der Waals surface area contributed by atoms with Crippen LogP contribution >= 0.6 is 11.3 Å². The first-order valence-electron chi connectivity index (χ1n) is 12.6. The van der Waals surface area contributed by atoms with Gasteiger partial charge in [-0.3, -0.25) is 4.79 Å². The standard InChI is InChI=1S/C28H31N3O4S/c32-13-11-22(15-20-10-12-29-24(20)17-33)30-25(18-34)23(14-19-6-2-1-3-7-19)31-28(35)27-16-21-8-4-5-9-26(21)36-27/h4-5,8-9,11,16,19-20,22-23,29-30H,1-3,6-7,10,12,14-15H2,(H,31,35)/t20-,22+,23-/m0/s1. The van der Waals surface area contributed by atoms with E-state index in [1.165, 1.54) is 23.8 Å². The Balaban J connectivity index is 1.53. The largest absolute Gasteiger partial charge is 0.379 e. The highest BCUT2D eigenvalue weighted by atomic mass is 32.1. The van der Waals surface area contributed by atoms with Crippen molar-refractivity contribution in [3.8, 4) is 0 Å². The number of carbonyl (C=O) groups excluding carboxylic acids is 4. The lowest BCUT2D eigenvalue weighted by Crippen LogP contribution is -2.44. The van der Waals surface area contributed by atoms with Crippen molar-refractivity contribution in [2.45, 2.75) is 63.5 Å². The Bertz CT molecular complexity index is 1200. The quantitative estimate of drug-likeness (QED) is 0.425. The lowest BCUT2D eigenvalue weighted by atomic mass is 9.84. The lowest BCUT2D eigenvalue weighted by Gasteiger charge is -2.29. The number of hydrogen-bond donors (Lipinski definition) is 3. The fraction of sp³-hybridized carbons (Fsp3) is 0.464. The molecule has 1 saturated heterocycles. The molecule has 3 N–H and O–H groups in total. The number of nitrogens with one attached hydrogen (secondary N) is 3. The number of amides is 1. The number of carbonyl (C=O) groups is 1. The maximum absolute atomic E-state index is 13.3. The van der Waals surface area contributed by atoms with Crippen molar-refractivity contribution in [3.63, 3.8) is 0 Å². The molecule has 1 aromatic carbocycles. The van der Waals surface area contributed by atoms with Crippen molar-refractivity contribution in [1.29, 1.82) is 0 Å². The maximum Gasteiger partial charge on any atom is 0.261 e. The van der Waals surface area contributed by atoms with Gasteiger partial charge in [-0.15, -0.1) is 11.3 Å². The molecule has 188 valence electrons. The van der Waals surface area contributed by atoms with Gasteiger partial charge in [-0.2, -0.15) is 0 Å². The number of thiophene rings is 1. The van der Waals surface area contributed by atoms with Crippen LogP contribution in [0.25, 0.3) is 10.1 Å². The van der Waals surface area contributed by atoms with Gasteiger partial charge in [-0.25, -0.2) is 14.4 Å². The summed E-state index contributed by atoms with van der Waals surface area (Å²) in [6.45, 7) is 0.665. The summed E-state index contributed by atoms with van der Waals surface area (Å²) in [5.74, 6) is 5.81. The first kappa shape index (κ1) is 25.7. The Morgan fingerprint density at radius 2 is 1.89 bits per heavy atom. The van der Waals surface area contributed by atoms with Gasteiger partial charge >= 0.3 is 0 Å². The fourth-order valence-corrected chi connectivity index (χ4v) is 6.28. The van der Waals surface area contributed by atoms with Crippen LogP contribution < -0.4 is 16.0 Å². The molecule has 3 atom stereocenters. The molecule has 0 spiro atoms. The SMILES string of the molecule is O=C=C[C@H](C[C@@H]1CCNC1=C=O)NC(=C=O)[C@H](CC1CCCCC1)NC(=O)c1cc2ccccc2s1. The van der Waals surface area contributed by atoms with E-state index in [4.69, 9.17) is 0 Å². The van der Waals surface area contributed by atoms with E-state index in [1.807, 2.05) is 48.2 Å². The molecule has 1 aromatic heterocycles. The zero-order chi connectivity index (χ0) is 25.3. The average Bonchev–Trinajstić information content (AvgIpc) is 3.54. The first-order chi connectivity index (χ1) is 17.6. The molecular weight excluding hydrogens is 474 g/mol. The summed E-state index contributed by atoms with van der Waals surface area (Å²) >= 11 is 1.41. The van der Waals surface area contributed by atoms with Crippen molar-refractivity contribution in [1.82, 2.24) is 16.0 Å². The van der Waals surface area contributed by atoms with E-state index >= 15 is 0 Å². The van der Waals surface area contributed by atoms with Gasteiger partial charge in [0.05, 0.1) is 22.7 Å². The van der Waals surface area contributed by atoms with Gasteiger partial charge < -0.3 is 16.0 Å². The molecule has 2 fully saturated rings. The second-order valence-electron chi connectivity index (χ2n) is 9.63. The Morgan fingerprint density at radius 1 is 1.08 bits per heavy atom. The predicted molar refractivity (Wildman–Crippen MR) is 141 cm³/mol. The van der Waals surface area contributed by atoms with Crippen LogP contribution in [0, 0.1) is 11.8 Å². The molecule has 2 heterocycles. The van der Waals surface area contributed by atoms with Crippen LogP contribution in [0.2, 0.25) is 0 Å². The van der Waals surface area contributed by atoms with Crippen molar-refractivity contribution in [2.24, 2.45) is 11.8 Å². The molecule has 8 heteroatoms. The van der Waals surface area contributed by atoms with Gasteiger partial charge in [0.25, 0.3) is 5.91 Å². The normalized spacial score (nSPS) is 19.3. The highest BCUT2D eigenvalue weighted by Gasteiger charge is 2.29. The summed E-state index contributed by atoms with van der Waals surface area (Å²) in [4.78, 5) is 48.5. The van der Waals surface area contributed by atoms with Crippen molar-refractivity contribution < 1.29 is 19.2 Å². The van der Waals surface area contributed by atoms with Crippen LogP contribution in [0.15, 0.2) is 47.8 Å².